The average Bonchev–Trinajstić information content (AvgIpc) is 2.71. The van der Waals surface area contributed by atoms with Crippen LogP contribution in [0.5, 0.6) is 11.5 Å². The monoisotopic (exact) mass is 398 g/mol. The summed E-state index contributed by atoms with van der Waals surface area (Å²) < 4.78 is 10.5. The number of ether oxygens (including phenoxy) is 2. The molecule has 28 heavy (non-hydrogen) atoms. The summed E-state index contributed by atoms with van der Waals surface area (Å²) >= 11 is 6.12. The highest BCUT2D eigenvalue weighted by atomic mass is 35.5. The molecule has 0 spiro atoms. The molecule has 1 heterocycles. The summed E-state index contributed by atoms with van der Waals surface area (Å²) in [7, 11) is 3.12. The zero-order valence-electron chi connectivity index (χ0n) is 15.6. The molecule has 3 rings (SSSR count). The molecule has 144 valence electrons. The molecule has 0 aliphatic carbocycles. The highest BCUT2D eigenvalue weighted by molar-refractivity contribution is 6.31. The van der Waals surface area contributed by atoms with E-state index in [2.05, 4.69) is 20.6 Å². The highest BCUT2D eigenvalue weighted by Gasteiger charge is 2.11. The Balaban J connectivity index is 1.73. The topological polar surface area (TPSA) is 85.4 Å². The normalized spacial score (nSPS) is 10.3. The molecule has 7 nitrogen and oxygen atoms in total. The van der Waals surface area contributed by atoms with Gasteiger partial charge in [0.15, 0.2) is 0 Å². The number of carbonyl (C=O) groups excluding carboxylic acids is 1. The second-order valence-corrected chi connectivity index (χ2v) is 6.31. The minimum atomic E-state index is -0.368. The van der Waals surface area contributed by atoms with Gasteiger partial charge in [0.05, 0.1) is 32.3 Å². The van der Waals surface area contributed by atoms with Crippen LogP contribution in [-0.2, 0) is 0 Å². The third-order valence-corrected chi connectivity index (χ3v) is 4.36. The maximum atomic E-state index is 12.4. The molecule has 0 aliphatic heterocycles. The van der Waals surface area contributed by atoms with Crippen molar-refractivity contribution in [2.24, 2.45) is 0 Å². The summed E-state index contributed by atoms with van der Waals surface area (Å²) in [6, 6.07) is 10.6. The molecule has 0 radical (unpaired) electrons. The zero-order chi connectivity index (χ0) is 20.1. The van der Waals surface area contributed by atoms with Gasteiger partial charge in [-0.2, -0.15) is 0 Å². The lowest BCUT2D eigenvalue weighted by Gasteiger charge is -2.12. The van der Waals surface area contributed by atoms with Crippen molar-refractivity contribution in [3.8, 4) is 11.5 Å². The Labute approximate surface area is 167 Å². The Morgan fingerprint density at radius 2 is 1.89 bits per heavy atom. The van der Waals surface area contributed by atoms with Gasteiger partial charge < -0.3 is 20.1 Å². The number of methoxy groups -OCH3 is 2. The van der Waals surface area contributed by atoms with E-state index in [9.17, 15) is 4.79 Å². The number of rotatable bonds is 6. The van der Waals surface area contributed by atoms with Gasteiger partial charge in [-0.15, -0.1) is 0 Å². The molecular formula is C20H19ClN4O3. The molecule has 2 N–H and O–H groups in total. The van der Waals surface area contributed by atoms with E-state index >= 15 is 0 Å². The Morgan fingerprint density at radius 1 is 1.07 bits per heavy atom. The molecule has 1 amide bonds. The quantitative estimate of drug-likeness (QED) is 0.638. The van der Waals surface area contributed by atoms with Crippen molar-refractivity contribution in [1.29, 1.82) is 0 Å². The molecule has 2 aromatic carbocycles. The first-order valence-corrected chi connectivity index (χ1v) is 8.76. The van der Waals surface area contributed by atoms with E-state index in [0.29, 0.717) is 33.7 Å². The number of amides is 1. The van der Waals surface area contributed by atoms with E-state index < -0.39 is 0 Å². The minimum Gasteiger partial charge on any atom is -0.497 e. The fourth-order valence-corrected chi connectivity index (χ4v) is 2.63. The van der Waals surface area contributed by atoms with Crippen molar-refractivity contribution in [2.75, 3.05) is 24.9 Å². The first kappa shape index (κ1) is 19.4. The number of aromatic nitrogens is 2. The third-order valence-electron chi connectivity index (χ3n) is 3.96. The molecule has 0 bridgehead atoms. The summed E-state index contributed by atoms with van der Waals surface area (Å²) in [5.74, 6) is 1.33. The van der Waals surface area contributed by atoms with E-state index in [1.807, 2.05) is 13.0 Å². The van der Waals surface area contributed by atoms with Gasteiger partial charge >= 0.3 is 0 Å². The van der Waals surface area contributed by atoms with Crippen LogP contribution in [0.15, 0.2) is 48.8 Å². The fraction of sp³-hybridized carbons (Fsp3) is 0.150. The summed E-state index contributed by atoms with van der Waals surface area (Å²) in [5.41, 5.74) is 2.39. The van der Waals surface area contributed by atoms with Crippen LogP contribution in [0.25, 0.3) is 0 Å². The lowest BCUT2D eigenvalue weighted by atomic mass is 10.2. The van der Waals surface area contributed by atoms with Gasteiger partial charge in [0, 0.05) is 22.8 Å². The first-order chi connectivity index (χ1) is 13.5. The summed E-state index contributed by atoms with van der Waals surface area (Å²) in [6.07, 6.45) is 2.87. The molecule has 0 saturated carbocycles. The molecule has 8 heteroatoms. The predicted molar refractivity (Wildman–Crippen MR) is 109 cm³/mol. The standard InChI is InChI=1S/C20H19ClN4O3/c1-12-7-16(18(28-3)9-15(12)21)25-19-11-22-17(10-23-19)20(26)24-13-5-4-6-14(8-13)27-2/h4-11H,1-3H3,(H,23,25)(H,24,26). The Morgan fingerprint density at radius 3 is 2.57 bits per heavy atom. The molecule has 0 fully saturated rings. The Kier molecular flexibility index (Phi) is 5.96. The number of hydrogen-bond donors (Lipinski definition) is 2. The second kappa shape index (κ2) is 8.58. The van der Waals surface area contributed by atoms with Crippen LogP contribution < -0.4 is 20.1 Å². The number of nitrogens with zero attached hydrogens (tertiary/aromatic N) is 2. The van der Waals surface area contributed by atoms with Crippen molar-refractivity contribution in [3.63, 3.8) is 0 Å². The zero-order valence-corrected chi connectivity index (χ0v) is 16.4. The molecule has 0 saturated heterocycles. The maximum Gasteiger partial charge on any atom is 0.275 e. The minimum absolute atomic E-state index is 0.188. The molecule has 0 atom stereocenters. The third kappa shape index (κ3) is 4.50. The molecule has 3 aromatic rings. The van der Waals surface area contributed by atoms with Gasteiger partial charge in [0.1, 0.15) is 23.0 Å². The molecular weight excluding hydrogens is 380 g/mol. The predicted octanol–water partition coefficient (Wildman–Crippen LogP) is 4.45. The van der Waals surface area contributed by atoms with Crippen LogP contribution in [0.1, 0.15) is 16.1 Å². The van der Waals surface area contributed by atoms with Gasteiger partial charge in [0.2, 0.25) is 0 Å². The van der Waals surface area contributed by atoms with Gasteiger partial charge in [0.25, 0.3) is 5.91 Å². The van der Waals surface area contributed by atoms with Crippen molar-refractivity contribution in [2.45, 2.75) is 6.92 Å². The maximum absolute atomic E-state index is 12.4. The van der Waals surface area contributed by atoms with Crippen LogP contribution in [-0.4, -0.2) is 30.1 Å². The Hall–Kier alpha value is -3.32. The van der Waals surface area contributed by atoms with Crippen LogP contribution in [0.4, 0.5) is 17.2 Å². The van der Waals surface area contributed by atoms with Crippen molar-refractivity contribution in [1.82, 2.24) is 9.97 Å². The number of anilines is 3. The number of aryl methyl sites for hydroxylation is 1. The van der Waals surface area contributed by atoms with Crippen LogP contribution >= 0.6 is 11.6 Å². The molecule has 0 unspecified atom stereocenters. The fourth-order valence-electron chi connectivity index (χ4n) is 2.47. The van der Waals surface area contributed by atoms with Crippen LogP contribution in [0.2, 0.25) is 5.02 Å². The van der Waals surface area contributed by atoms with Gasteiger partial charge in [-0.25, -0.2) is 9.97 Å². The SMILES string of the molecule is COc1cccc(NC(=O)c2cnc(Nc3cc(C)c(Cl)cc3OC)cn2)c1. The van der Waals surface area contributed by atoms with Gasteiger partial charge in [-0.1, -0.05) is 17.7 Å². The summed E-state index contributed by atoms with van der Waals surface area (Å²) in [6.45, 7) is 1.89. The van der Waals surface area contributed by atoms with Crippen LogP contribution in [0, 0.1) is 6.92 Å². The van der Waals surface area contributed by atoms with Gasteiger partial charge in [-0.3, -0.25) is 4.79 Å². The molecule has 1 aromatic heterocycles. The highest BCUT2D eigenvalue weighted by Crippen LogP contribution is 2.32. The lowest BCUT2D eigenvalue weighted by Crippen LogP contribution is -2.14. The van der Waals surface area contributed by atoms with Crippen molar-refractivity contribution < 1.29 is 14.3 Å². The summed E-state index contributed by atoms with van der Waals surface area (Å²) in [4.78, 5) is 20.8. The van der Waals surface area contributed by atoms with E-state index in [1.165, 1.54) is 12.4 Å². The lowest BCUT2D eigenvalue weighted by molar-refractivity contribution is 0.102. The molecule has 0 aliphatic rings. The van der Waals surface area contributed by atoms with E-state index in [0.717, 1.165) is 5.56 Å². The van der Waals surface area contributed by atoms with Crippen molar-refractivity contribution in [3.05, 3.63) is 65.1 Å². The van der Waals surface area contributed by atoms with Crippen molar-refractivity contribution >= 4 is 34.7 Å². The van der Waals surface area contributed by atoms with Crippen LogP contribution in [0.3, 0.4) is 0 Å². The number of nitrogens with one attached hydrogen (secondary N) is 2. The largest absolute Gasteiger partial charge is 0.497 e. The second-order valence-electron chi connectivity index (χ2n) is 5.90. The summed E-state index contributed by atoms with van der Waals surface area (Å²) in [5, 5.41) is 6.48. The smallest absolute Gasteiger partial charge is 0.275 e. The number of carbonyl (C=O) groups is 1. The number of hydrogen-bond acceptors (Lipinski definition) is 6. The van der Waals surface area contributed by atoms with E-state index in [1.54, 1.807) is 44.6 Å². The van der Waals surface area contributed by atoms with E-state index in [4.69, 9.17) is 21.1 Å². The number of benzene rings is 2. The van der Waals surface area contributed by atoms with E-state index in [-0.39, 0.29) is 11.6 Å². The number of halogens is 1. The van der Waals surface area contributed by atoms with Gasteiger partial charge in [-0.05, 0) is 30.7 Å². The average molecular weight is 399 g/mol. The first-order valence-electron chi connectivity index (χ1n) is 8.38. The Bertz CT molecular complexity index is 993.